The van der Waals surface area contributed by atoms with Crippen molar-refractivity contribution < 1.29 is 0 Å². The van der Waals surface area contributed by atoms with Gasteiger partial charge in [0.15, 0.2) is 0 Å². The monoisotopic (exact) mass is 357 g/mol. The van der Waals surface area contributed by atoms with Crippen LogP contribution in [0, 0.1) is 13.8 Å². The zero-order valence-corrected chi connectivity index (χ0v) is 15.6. The summed E-state index contributed by atoms with van der Waals surface area (Å²) in [5.41, 5.74) is 6.22. The van der Waals surface area contributed by atoms with Crippen LogP contribution in [-0.4, -0.2) is 10.2 Å². The topological polar surface area (TPSA) is 37.8 Å². The first-order valence-corrected chi connectivity index (χ1v) is 9.19. The molecule has 5 heteroatoms. The molecule has 3 nitrogen and oxygen atoms in total. The lowest BCUT2D eigenvalue weighted by atomic mass is 9.98. The van der Waals surface area contributed by atoms with Gasteiger partial charge in [-0.3, -0.25) is 0 Å². The molecule has 0 aliphatic rings. The van der Waals surface area contributed by atoms with Gasteiger partial charge in [0.25, 0.3) is 0 Å². The molecule has 0 amide bonds. The number of rotatable bonds is 5. The maximum atomic E-state index is 6.18. The lowest BCUT2D eigenvalue weighted by Crippen LogP contribution is -1.99. The SMILES string of the molecule is CCc1c(C)cc(-c2nnc(NCc3ccccc3Cl)s2)cc1C. The predicted octanol–water partition coefficient (Wildman–Crippen LogP) is 5.65. The third-order valence-electron chi connectivity index (χ3n) is 4.11. The van der Waals surface area contributed by atoms with Gasteiger partial charge in [-0.25, -0.2) is 0 Å². The Morgan fingerprint density at radius 1 is 1.08 bits per heavy atom. The molecule has 1 heterocycles. The maximum absolute atomic E-state index is 6.18. The van der Waals surface area contributed by atoms with E-state index >= 15 is 0 Å². The summed E-state index contributed by atoms with van der Waals surface area (Å²) in [7, 11) is 0. The Hall–Kier alpha value is -1.91. The third kappa shape index (κ3) is 3.60. The van der Waals surface area contributed by atoms with E-state index in [0.717, 1.165) is 32.7 Å². The molecule has 0 aliphatic heterocycles. The van der Waals surface area contributed by atoms with E-state index in [1.807, 2.05) is 24.3 Å². The second-order valence-corrected chi connectivity index (χ2v) is 7.18. The minimum atomic E-state index is 0.640. The van der Waals surface area contributed by atoms with Crippen LogP contribution in [0.15, 0.2) is 36.4 Å². The highest BCUT2D eigenvalue weighted by Gasteiger charge is 2.10. The van der Waals surface area contributed by atoms with E-state index < -0.39 is 0 Å². The van der Waals surface area contributed by atoms with Crippen LogP contribution in [0.3, 0.4) is 0 Å². The average molecular weight is 358 g/mol. The van der Waals surface area contributed by atoms with Gasteiger partial charge in [-0.1, -0.05) is 48.1 Å². The van der Waals surface area contributed by atoms with E-state index in [1.165, 1.54) is 16.7 Å². The molecule has 124 valence electrons. The molecule has 2 aromatic carbocycles. The highest BCUT2D eigenvalue weighted by atomic mass is 35.5. The zero-order valence-electron chi connectivity index (χ0n) is 14.1. The number of nitrogens with zero attached hydrogens (tertiary/aromatic N) is 2. The van der Waals surface area contributed by atoms with Gasteiger partial charge in [0.2, 0.25) is 5.13 Å². The van der Waals surface area contributed by atoms with Crippen molar-refractivity contribution in [2.75, 3.05) is 5.32 Å². The van der Waals surface area contributed by atoms with Crippen LogP contribution in [0.1, 0.15) is 29.2 Å². The predicted molar refractivity (Wildman–Crippen MR) is 103 cm³/mol. The fraction of sp³-hybridized carbons (Fsp3) is 0.263. The summed E-state index contributed by atoms with van der Waals surface area (Å²) in [6.45, 7) is 7.15. The summed E-state index contributed by atoms with van der Waals surface area (Å²) in [6, 6.07) is 12.2. The van der Waals surface area contributed by atoms with Gasteiger partial charge < -0.3 is 5.32 Å². The van der Waals surface area contributed by atoms with Gasteiger partial charge in [-0.05, 0) is 60.7 Å². The van der Waals surface area contributed by atoms with Crippen LogP contribution in [0.4, 0.5) is 5.13 Å². The molecule has 0 saturated heterocycles. The van der Waals surface area contributed by atoms with Crippen LogP contribution in [-0.2, 0) is 13.0 Å². The Balaban J connectivity index is 1.77. The molecule has 0 unspecified atom stereocenters. The first-order chi connectivity index (χ1) is 11.6. The molecule has 0 saturated carbocycles. The number of hydrogen-bond donors (Lipinski definition) is 1. The molecule has 0 spiro atoms. The van der Waals surface area contributed by atoms with Crippen LogP contribution in [0.2, 0.25) is 5.02 Å². The summed E-state index contributed by atoms with van der Waals surface area (Å²) < 4.78 is 0. The summed E-state index contributed by atoms with van der Waals surface area (Å²) in [5, 5.41) is 14.4. The van der Waals surface area contributed by atoms with Crippen LogP contribution in [0.5, 0.6) is 0 Å². The minimum Gasteiger partial charge on any atom is -0.356 e. The van der Waals surface area contributed by atoms with Crippen molar-refractivity contribution in [3.63, 3.8) is 0 Å². The third-order valence-corrected chi connectivity index (χ3v) is 5.41. The average Bonchev–Trinajstić information content (AvgIpc) is 3.03. The summed E-state index contributed by atoms with van der Waals surface area (Å²) in [6.07, 6.45) is 1.05. The molecule has 0 atom stereocenters. The normalized spacial score (nSPS) is 10.8. The van der Waals surface area contributed by atoms with E-state index in [0.29, 0.717) is 6.54 Å². The molecule has 0 fully saturated rings. The second kappa shape index (κ2) is 7.32. The second-order valence-electron chi connectivity index (χ2n) is 5.80. The highest BCUT2D eigenvalue weighted by molar-refractivity contribution is 7.18. The van der Waals surface area contributed by atoms with Crippen LogP contribution >= 0.6 is 22.9 Å². The largest absolute Gasteiger partial charge is 0.356 e. The van der Waals surface area contributed by atoms with Crippen molar-refractivity contribution in [1.29, 1.82) is 0 Å². The molecular weight excluding hydrogens is 338 g/mol. The van der Waals surface area contributed by atoms with Gasteiger partial charge in [-0.2, -0.15) is 0 Å². The number of nitrogens with one attached hydrogen (secondary N) is 1. The number of benzene rings is 2. The zero-order chi connectivity index (χ0) is 17.1. The van der Waals surface area contributed by atoms with E-state index in [-0.39, 0.29) is 0 Å². The molecule has 1 aromatic heterocycles. The fourth-order valence-electron chi connectivity index (χ4n) is 2.90. The number of hydrogen-bond acceptors (Lipinski definition) is 4. The lowest BCUT2D eigenvalue weighted by Gasteiger charge is -2.09. The maximum Gasteiger partial charge on any atom is 0.206 e. The first-order valence-electron chi connectivity index (χ1n) is 7.99. The van der Waals surface area contributed by atoms with Gasteiger partial charge in [0.05, 0.1) is 0 Å². The van der Waals surface area contributed by atoms with E-state index in [4.69, 9.17) is 11.6 Å². The van der Waals surface area contributed by atoms with Gasteiger partial charge >= 0.3 is 0 Å². The van der Waals surface area contributed by atoms with Crippen molar-refractivity contribution in [2.45, 2.75) is 33.7 Å². The minimum absolute atomic E-state index is 0.640. The van der Waals surface area contributed by atoms with Crippen molar-refractivity contribution in [2.24, 2.45) is 0 Å². The summed E-state index contributed by atoms with van der Waals surface area (Å²) in [4.78, 5) is 0. The molecular formula is C19H20ClN3S. The highest BCUT2D eigenvalue weighted by Crippen LogP contribution is 2.30. The molecule has 3 aromatic rings. The van der Waals surface area contributed by atoms with Crippen molar-refractivity contribution >= 4 is 28.1 Å². The van der Waals surface area contributed by atoms with E-state index in [2.05, 4.69) is 48.4 Å². The summed E-state index contributed by atoms with van der Waals surface area (Å²) >= 11 is 7.75. The van der Waals surface area contributed by atoms with Gasteiger partial charge in [0.1, 0.15) is 5.01 Å². The molecule has 1 N–H and O–H groups in total. The van der Waals surface area contributed by atoms with Crippen LogP contribution in [0.25, 0.3) is 10.6 Å². The van der Waals surface area contributed by atoms with Crippen molar-refractivity contribution in [3.8, 4) is 10.6 Å². The van der Waals surface area contributed by atoms with E-state index in [1.54, 1.807) is 11.3 Å². The van der Waals surface area contributed by atoms with Crippen molar-refractivity contribution in [1.82, 2.24) is 10.2 Å². The van der Waals surface area contributed by atoms with Crippen molar-refractivity contribution in [3.05, 3.63) is 63.7 Å². The number of halogens is 1. The lowest BCUT2D eigenvalue weighted by molar-refractivity contribution is 1.05. The quantitative estimate of drug-likeness (QED) is 0.641. The molecule has 0 aliphatic carbocycles. The Kier molecular flexibility index (Phi) is 5.17. The standard InChI is InChI=1S/C19H20ClN3S/c1-4-16-12(2)9-15(10-13(16)3)18-22-23-19(24-18)21-11-14-7-5-6-8-17(14)20/h5-10H,4,11H2,1-3H3,(H,21,23). The molecule has 24 heavy (non-hydrogen) atoms. The smallest absolute Gasteiger partial charge is 0.206 e. The van der Waals surface area contributed by atoms with Crippen LogP contribution < -0.4 is 5.32 Å². The Bertz CT molecular complexity index is 834. The van der Waals surface area contributed by atoms with E-state index in [9.17, 15) is 0 Å². The first kappa shape index (κ1) is 16.9. The number of aryl methyl sites for hydroxylation is 2. The number of aromatic nitrogens is 2. The molecule has 0 radical (unpaired) electrons. The summed E-state index contributed by atoms with van der Waals surface area (Å²) in [5.74, 6) is 0. The number of anilines is 1. The Morgan fingerprint density at radius 3 is 2.46 bits per heavy atom. The Morgan fingerprint density at radius 2 is 1.79 bits per heavy atom. The molecule has 3 rings (SSSR count). The Labute approximate surface area is 151 Å². The van der Waals surface area contributed by atoms with Gasteiger partial charge in [0, 0.05) is 17.1 Å². The van der Waals surface area contributed by atoms with Gasteiger partial charge in [-0.15, -0.1) is 10.2 Å². The molecule has 0 bridgehead atoms. The fourth-order valence-corrected chi connectivity index (χ4v) is 3.83.